The van der Waals surface area contributed by atoms with Crippen molar-refractivity contribution in [3.05, 3.63) is 53.6 Å². The van der Waals surface area contributed by atoms with Crippen LogP contribution in [0.15, 0.2) is 47.4 Å². The van der Waals surface area contributed by atoms with Crippen molar-refractivity contribution >= 4 is 27.6 Å². The first-order chi connectivity index (χ1) is 15.7. The number of fused-ring (bicyclic) bond motifs is 1. The van der Waals surface area contributed by atoms with Gasteiger partial charge in [-0.2, -0.15) is 0 Å². The topological polar surface area (TPSA) is 93.2 Å². The van der Waals surface area contributed by atoms with Crippen molar-refractivity contribution in [2.75, 3.05) is 38.2 Å². The van der Waals surface area contributed by atoms with Crippen LogP contribution < -0.4 is 9.04 Å². The summed E-state index contributed by atoms with van der Waals surface area (Å²) in [5.74, 6) is -0.408. The predicted molar refractivity (Wildman–Crippen MR) is 125 cm³/mol. The molecule has 33 heavy (non-hydrogen) atoms. The zero-order valence-corrected chi connectivity index (χ0v) is 20.2. The van der Waals surface area contributed by atoms with E-state index in [0.717, 1.165) is 5.56 Å². The Morgan fingerprint density at radius 3 is 2.52 bits per heavy atom. The number of carbonyl (C=O) groups is 2. The third kappa shape index (κ3) is 5.30. The van der Waals surface area contributed by atoms with Gasteiger partial charge in [-0.3, -0.25) is 13.9 Å². The Hall–Kier alpha value is -3.07. The summed E-state index contributed by atoms with van der Waals surface area (Å²) in [6.07, 6.45) is 0.673. The number of anilines is 1. The number of esters is 1. The molecular weight excluding hydrogens is 444 g/mol. The molecule has 9 heteroatoms. The Bertz CT molecular complexity index is 1130. The Morgan fingerprint density at radius 2 is 1.85 bits per heavy atom. The van der Waals surface area contributed by atoms with Gasteiger partial charge in [-0.05, 0) is 42.2 Å². The molecule has 2 aromatic rings. The summed E-state index contributed by atoms with van der Waals surface area (Å²) in [6, 6.07) is 11.7. The molecule has 1 heterocycles. The first-order valence-electron chi connectivity index (χ1n) is 10.8. The molecule has 0 saturated carbocycles. The lowest BCUT2D eigenvalue weighted by Crippen LogP contribution is -2.36. The Balaban J connectivity index is 1.97. The van der Waals surface area contributed by atoms with Gasteiger partial charge in [0.1, 0.15) is 5.75 Å². The molecule has 0 atom stereocenters. The fourth-order valence-electron chi connectivity index (χ4n) is 3.91. The monoisotopic (exact) mass is 474 g/mol. The lowest BCUT2D eigenvalue weighted by molar-refractivity contribution is -0.140. The van der Waals surface area contributed by atoms with Crippen molar-refractivity contribution in [1.29, 1.82) is 0 Å². The summed E-state index contributed by atoms with van der Waals surface area (Å²) in [7, 11) is -1.15. The van der Waals surface area contributed by atoms with Gasteiger partial charge in [0.25, 0.3) is 15.9 Å². The van der Waals surface area contributed by atoms with Gasteiger partial charge in [-0.25, -0.2) is 8.42 Å². The van der Waals surface area contributed by atoms with Crippen LogP contribution in [0.4, 0.5) is 5.69 Å². The maximum absolute atomic E-state index is 13.5. The highest BCUT2D eigenvalue weighted by Gasteiger charge is 2.32. The Morgan fingerprint density at radius 1 is 1.12 bits per heavy atom. The highest BCUT2D eigenvalue weighted by atomic mass is 32.2. The summed E-state index contributed by atoms with van der Waals surface area (Å²) < 4.78 is 38.4. The molecule has 0 unspecified atom stereocenters. The molecule has 178 valence electrons. The number of ether oxygens (including phenoxy) is 2. The van der Waals surface area contributed by atoms with Crippen LogP contribution in [0.3, 0.4) is 0 Å². The minimum atomic E-state index is -3.88. The lowest BCUT2D eigenvalue weighted by atomic mass is 10.1. The number of methoxy groups -OCH3 is 2. The van der Waals surface area contributed by atoms with Crippen molar-refractivity contribution < 1.29 is 27.5 Å². The molecular formula is C24H30N2O6S. The van der Waals surface area contributed by atoms with Gasteiger partial charge in [-0.1, -0.05) is 32.0 Å². The molecule has 0 bridgehead atoms. The molecule has 1 aliphatic rings. The van der Waals surface area contributed by atoms with Crippen LogP contribution in [0, 0.1) is 5.92 Å². The fraction of sp³-hybridized carbons (Fsp3) is 0.417. The largest absolute Gasteiger partial charge is 0.496 e. The third-order valence-corrected chi connectivity index (χ3v) is 7.33. The highest BCUT2D eigenvalue weighted by molar-refractivity contribution is 7.92. The van der Waals surface area contributed by atoms with Crippen LogP contribution in [0.1, 0.15) is 36.2 Å². The van der Waals surface area contributed by atoms with Crippen molar-refractivity contribution in [2.24, 2.45) is 5.92 Å². The Kier molecular flexibility index (Phi) is 7.63. The zero-order chi connectivity index (χ0) is 24.2. The quantitative estimate of drug-likeness (QED) is 0.519. The van der Waals surface area contributed by atoms with Crippen LogP contribution >= 0.6 is 0 Å². The van der Waals surface area contributed by atoms with Crippen LogP contribution in [0.2, 0.25) is 0 Å². The molecule has 1 amide bonds. The number of para-hydroxylation sites is 1. The molecule has 0 radical (unpaired) electrons. The number of hydrogen-bond donors (Lipinski definition) is 0. The number of nitrogens with zero attached hydrogens (tertiary/aromatic N) is 2. The Labute approximate surface area is 195 Å². The van der Waals surface area contributed by atoms with Gasteiger partial charge < -0.3 is 14.4 Å². The smallest absolute Gasteiger partial charge is 0.307 e. The number of benzene rings is 2. The first kappa shape index (κ1) is 24.6. The molecule has 0 aliphatic carbocycles. The molecule has 3 rings (SSSR count). The molecule has 0 spiro atoms. The van der Waals surface area contributed by atoms with E-state index < -0.39 is 21.9 Å². The SMILES string of the molecule is COC(=O)CCN(CC(C)C)C(=O)c1cc(S(=O)(=O)N2CCc3ccccc32)ccc1OC. The minimum Gasteiger partial charge on any atom is -0.496 e. The van der Waals surface area contributed by atoms with Crippen molar-refractivity contribution in [2.45, 2.75) is 31.6 Å². The highest BCUT2D eigenvalue weighted by Crippen LogP contribution is 2.34. The molecule has 0 fully saturated rings. The average molecular weight is 475 g/mol. The van der Waals surface area contributed by atoms with Crippen molar-refractivity contribution in [3.63, 3.8) is 0 Å². The average Bonchev–Trinajstić information content (AvgIpc) is 3.25. The number of rotatable bonds is 9. The summed E-state index contributed by atoms with van der Waals surface area (Å²) in [4.78, 5) is 26.6. The van der Waals surface area contributed by atoms with Gasteiger partial charge in [-0.15, -0.1) is 0 Å². The van der Waals surface area contributed by atoms with E-state index >= 15 is 0 Å². The van der Waals surface area contributed by atoms with E-state index in [0.29, 0.717) is 25.2 Å². The van der Waals surface area contributed by atoms with Gasteiger partial charge >= 0.3 is 5.97 Å². The van der Waals surface area contributed by atoms with Crippen LogP contribution in [-0.2, 0) is 26.0 Å². The summed E-state index contributed by atoms with van der Waals surface area (Å²) >= 11 is 0. The van der Waals surface area contributed by atoms with E-state index in [-0.39, 0.29) is 35.1 Å². The maximum Gasteiger partial charge on any atom is 0.307 e. The molecule has 2 aromatic carbocycles. The van der Waals surface area contributed by atoms with E-state index in [1.807, 2.05) is 26.0 Å². The van der Waals surface area contributed by atoms with E-state index in [4.69, 9.17) is 9.47 Å². The fourth-order valence-corrected chi connectivity index (χ4v) is 5.44. The van der Waals surface area contributed by atoms with Gasteiger partial charge in [0, 0.05) is 19.6 Å². The third-order valence-electron chi connectivity index (χ3n) is 5.52. The standard InChI is InChI=1S/C24H30N2O6S/c1-17(2)16-25(13-12-23(27)32-4)24(28)20-15-19(9-10-22(20)31-3)33(29,30)26-14-11-18-7-5-6-8-21(18)26/h5-10,15,17H,11-14,16H2,1-4H3. The predicted octanol–water partition coefficient (Wildman–Crippen LogP) is 3.11. The second-order valence-electron chi connectivity index (χ2n) is 8.29. The number of amides is 1. The van der Waals surface area contributed by atoms with E-state index in [2.05, 4.69) is 0 Å². The summed E-state index contributed by atoms with van der Waals surface area (Å²) in [5.41, 5.74) is 1.76. The molecule has 0 aromatic heterocycles. The summed E-state index contributed by atoms with van der Waals surface area (Å²) in [6.45, 7) is 4.82. The van der Waals surface area contributed by atoms with Gasteiger partial charge in [0.2, 0.25) is 0 Å². The summed E-state index contributed by atoms with van der Waals surface area (Å²) in [5, 5.41) is 0. The number of hydrogen-bond acceptors (Lipinski definition) is 6. The zero-order valence-electron chi connectivity index (χ0n) is 19.4. The van der Waals surface area contributed by atoms with Gasteiger partial charge in [0.05, 0.1) is 36.8 Å². The number of sulfonamides is 1. The first-order valence-corrected chi connectivity index (χ1v) is 12.3. The van der Waals surface area contributed by atoms with Gasteiger partial charge in [0.15, 0.2) is 0 Å². The van der Waals surface area contributed by atoms with E-state index in [1.165, 1.54) is 41.6 Å². The second-order valence-corrected chi connectivity index (χ2v) is 10.2. The normalized spacial score (nSPS) is 13.1. The van der Waals surface area contributed by atoms with Crippen molar-refractivity contribution in [3.8, 4) is 5.75 Å². The lowest BCUT2D eigenvalue weighted by Gasteiger charge is -2.26. The second kappa shape index (κ2) is 10.2. The van der Waals surface area contributed by atoms with Crippen LogP contribution in [-0.4, -0.2) is 59.0 Å². The number of carbonyl (C=O) groups excluding carboxylic acids is 2. The van der Waals surface area contributed by atoms with E-state index in [1.54, 1.807) is 12.1 Å². The van der Waals surface area contributed by atoms with Crippen LogP contribution in [0.25, 0.3) is 0 Å². The minimum absolute atomic E-state index is 0.0146. The molecule has 1 aliphatic heterocycles. The molecule has 8 nitrogen and oxygen atoms in total. The molecule has 0 N–H and O–H groups in total. The maximum atomic E-state index is 13.5. The van der Waals surface area contributed by atoms with E-state index in [9.17, 15) is 18.0 Å². The van der Waals surface area contributed by atoms with Crippen LogP contribution in [0.5, 0.6) is 5.75 Å². The van der Waals surface area contributed by atoms with Crippen molar-refractivity contribution in [1.82, 2.24) is 4.90 Å². The molecule has 0 saturated heterocycles.